The minimum absolute atomic E-state index is 0.0449. The third kappa shape index (κ3) is 2.34. The molecule has 0 heterocycles. The van der Waals surface area contributed by atoms with E-state index < -0.39 is 5.97 Å². The fraction of sp³-hybridized carbons (Fsp3) is 0.333. The molecule has 88 valence electrons. The maximum Gasteiger partial charge on any atom is 0.308 e. The molecule has 2 N–H and O–H groups in total. The van der Waals surface area contributed by atoms with Gasteiger partial charge in [-0.15, -0.1) is 0 Å². The molecule has 0 amide bonds. The number of nitriles is 1. The van der Waals surface area contributed by atoms with Crippen molar-refractivity contribution in [2.75, 3.05) is 5.32 Å². The molecule has 0 aromatic heterocycles. The number of hydrogen-bond acceptors (Lipinski definition) is 3. The summed E-state index contributed by atoms with van der Waals surface area (Å²) >= 11 is 5.89. The standard InChI is InChI=1S/C12H11ClN2O2/c13-10-5-8(2-1-7(10)6-14)15-11-4-3-9(11)12(16)17/h1-2,5,9,11,15H,3-4H2,(H,16,17). The number of halogens is 1. The first-order chi connectivity index (χ1) is 8.11. The van der Waals surface area contributed by atoms with Gasteiger partial charge < -0.3 is 10.4 Å². The molecule has 1 aromatic carbocycles. The Labute approximate surface area is 104 Å². The van der Waals surface area contributed by atoms with Gasteiger partial charge in [-0.3, -0.25) is 4.79 Å². The van der Waals surface area contributed by atoms with Crippen LogP contribution in [0.25, 0.3) is 0 Å². The maximum absolute atomic E-state index is 10.8. The second kappa shape index (κ2) is 4.64. The summed E-state index contributed by atoms with van der Waals surface area (Å²) in [5.74, 6) is -1.10. The maximum atomic E-state index is 10.8. The zero-order valence-electron chi connectivity index (χ0n) is 8.98. The number of nitrogens with one attached hydrogen (secondary N) is 1. The Bertz CT molecular complexity index is 496. The van der Waals surface area contributed by atoms with Crippen LogP contribution in [0.3, 0.4) is 0 Å². The predicted octanol–water partition coefficient (Wildman–Crippen LogP) is 2.49. The highest BCUT2D eigenvalue weighted by Gasteiger charge is 2.36. The smallest absolute Gasteiger partial charge is 0.308 e. The Morgan fingerprint density at radius 3 is 2.76 bits per heavy atom. The molecule has 0 aliphatic heterocycles. The average molecular weight is 251 g/mol. The van der Waals surface area contributed by atoms with Crippen LogP contribution in [-0.4, -0.2) is 17.1 Å². The lowest BCUT2D eigenvalue weighted by molar-refractivity contribution is -0.144. The molecule has 5 heteroatoms. The number of carboxylic acids is 1. The van der Waals surface area contributed by atoms with Crippen molar-refractivity contribution < 1.29 is 9.90 Å². The van der Waals surface area contributed by atoms with Gasteiger partial charge in [0.15, 0.2) is 0 Å². The van der Waals surface area contributed by atoms with E-state index in [0.717, 1.165) is 12.1 Å². The van der Waals surface area contributed by atoms with Gasteiger partial charge >= 0.3 is 5.97 Å². The first kappa shape index (κ1) is 11.7. The topological polar surface area (TPSA) is 73.1 Å². The monoisotopic (exact) mass is 250 g/mol. The van der Waals surface area contributed by atoms with Gasteiger partial charge in [-0.1, -0.05) is 11.6 Å². The molecule has 1 aliphatic carbocycles. The van der Waals surface area contributed by atoms with Gasteiger partial charge in [0.25, 0.3) is 0 Å². The van der Waals surface area contributed by atoms with Crippen LogP contribution in [0.15, 0.2) is 18.2 Å². The number of hydrogen-bond donors (Lipinski definition) is 2. The SMILES string of the molecule is N#Cc1ccc(NC2CCC2C(=O)O)cc1Cl. The summed E-state index contributed by atoms with van der Waals surface area (Å²) in [6, 6.07) is 6.94. The number of carboxylic acid groups (broad SMARTS) is 1. The molecule has 1 saturated carbocycles. The number of benzene rings is 1. The third-order valence-electron chi connectivity index (χ3n) is 3.03. The molecular weight excluding hydrogens is 240 g/mol. The zero-order chi connectivity index (χ0) is 12.4. The van der Waals surface area contributed by atoms with E-state index in [4.69, 9.17) is 22.0 Å². The van der Waals surface area contributed by atoms with Crippen molar-refractivity contribution in [3.8, 4) is 6.07 Å². The van der Waals surface area contributed by atoms with Crippen LogP contribution >= 0.6 is 11.6 Å². The molecule has 2 unspecified atom stereocenters. The van der Waals surface area contributed by atoms with Gasteiger partial charge in [-0.25, -0.2) is 0 Å². The van der Waals surface area contributed by atoms with Crippen LogP contribution in [0.4, 0.5) is 5.69 Å². The van der Waals surface area contributed by atoms with Crippen LogP contribution in [-0.2, 0) is 4.79 Å². The Kier molecular flexibility index (Phi) is 3.21. The highest BCUT2D eigenvalue weighted by atomic mass is 35.5. The van der Waals surface area contributed by atoms with Crippen LogP contribution in [0.5, 0.6) is 0 Å². The largest absolute Gasteiger partial charge is 0.481 e. The second-order valence-corrected chi connectivity index (χ2v) is 4.49. The summed E-state index contributed by atoms with van der Waals surface area (Å²) in [6.07, 6.45) is 1.55. The molecule has 2 atom stereocenters. The Hall–Kier alpha value is -1.73. The minimum Gasteiger partial charge on any atom is -0.481 e. The summed E-state index contributed by atoms with van der Waals surface area (Å²) < 4.78 is 0. The first-order valence-corrected chi connectivity index (χ1v) is 5.68. The van der Waals surface area contributed by atoms with E-state index in [1.807, 2.05) is 6.07 Å². The fourth-order valence-electron chi connectivity index (χ4n) is 1.88. The van der Waals surface area contributed by atoms with Crippen molar-refractivity contribution in [1.29, 1.82) is 5.26 Å². The lowest BCUT2D eigenvalue weighted by Crippen LogP contribution is -2.42. The summed E-state index contributed by atoms with van der Waals surface area (Å²) in [5.41, 5.74) is 1.17. The van der Waals surface area contributed by atoms with Crippen LogP contribution in [0.1, 0.15) is 18.4 Å². The molecule has 0 radical (unpaired) electrons. The molecule has 2 rings (SSSR count). The lowest BCUT2D eigenvalue weighted by atomic mass is 9.79. The first-order valence-electron chi connectivity index (χ1n) is 5.31. The van der Waals surface area contributed by atoms with Gasteiger partial charge in [-0.2, -0.15) is 5.26 Å². The number of carbonyl (C=O) groups is 1. The van der Waals surface area contributed by atoms with Gasteiger partial charge in [-0.05, 0) is 31.0 Å². The molecule has 1 aliphatic rings. The molecule has 1 fully saturated rings. The molecule has 0 spiro atoms. The van der Waals surface area contributed by atoms with E-state index in [2.05, 4.69) is 5.32 Å². The van der Waals surface area contributed by atoms with Gasteiger partial charge in [0.05, 0.1) is 16.5 Å². The number of anilines is 1. The van der Waals surface area contributed by atoms with E-state index in [1.165, 1.54) is 0 Å². The van der Waals surface area contributed by atoms with Crippen LogP contribution < -0.4 is 5.32 Å². The summed E-state index contributed by atoms with van der Waals surface area (Å²) in [6.45, 7) is 0. The molecule has 1 aromatic rings. The summed E-state index contributed by atoms with van der Waals surface area (Å²) in [7, 11) is 0. The second-order valence-electron chi connectivity index (χ2n) is 4.08. The number of nitrogens with zero attached hydrogens (tertiary/aromatic N) is 1. The minimum atomic E-state index is -0.770. The van der Waals surface area contributed by atoms with Crippen molar-refractivity contribution in [2.45, 2.75) is 18.9 Å². The van der Waals surface area contributed by atoms with Gasteiger partial charge in [0, 0.05) is 11.7 Å². The Morgan fingerprint density at radius 1 is 1.53 bits per heavy atom. The average Bonchev–Trinajstić information content (AvgIpc) is 2.24. The highest BCUT2D eigenvalue weighted by Crippen LogP contribution is 2.31. The van der Waals surface area contributed by atoms with Gasteiger partial charge in [0.1, 0.15) is 6.07 Å². The van der Waals surface area contributed by atoms with Crippen molar-refractivity contribution in [3.05, 3.63) is 28.8 Å². The third-order valence-corrected chi connectivity index (χ3v) is 3.35. The zero-order valence-corrected chi connectivity index (χ0v) is 9.74. The lowest BCUT2D eigenvalue weighted by Gasteiger charge is -2.34. The Balaban J connectivity index is 2.07. The molecule has 0 saturated heterocycles. The van der Waals surface area contributed by atoms with Crippen molar-refractivity contribution in [2.24, 2.45) is 5.92 Å². The molecule has 4 nitrogen and oxygen atoms in total. The molecule has 17 heavy (non-hydrogen) atoms. The van der Waals surface area contributed by atoms with Crippen molar-refractivity contribution in [3.63, 3.8) is 0 Å². The van der Waals surface area contributed by atoms with Crippen LogP contribution in [0.2, 0.25) is 5.02 Å². The van der Waals surface area contributed by atoms with Gasteiger partial charge in [0.2, 0.25) is 0 Å². The van der Waals surface area contributed by atoms with Crippen molar-refractivity contribution in [1.82, 2.24) is 0 Å². The summed E-state index contributed by atoms with van der Waals surface area (Å²) in [4.78, 5) is 10.8. The van der Waals surface area contributed by atoms with Crippen molar-refractivity contribution >= 4 is 23.3 Å². The van der Waals surface area contributed by atoms with E-state index in [-0.39, 0.29) is 12.0 Å². The van der Waals surface area contributed by atoms with E-state index in [9.17, 15) is 4.79 Å². The summed E-state index contributed by atoms with van der Waals surface area (Å²) in [5, 5.41) is 21.1. The highest BCUT2D eigenvalue weighted by molar-refractivity contribution is 6.32. The van der Waals surface area contributed by atoms with E-state index in [1.54, 1.807) is 18.2 Å². The fourth-order valence-corrected chi connectivity index (χ4v) is 2.10. The number of rotatable bonds is 3. The predicted molar refractivity (Wildman–Crippen MR) is 63.9 cm³/mol. The normalized spacial score (nSPS) is 22.4. The number of aliphatic carboxylic acids is 1. The quantitative estimate of drug-likeness (QED) is 0.864. The molecular formula is C12H11ClN2O2. The van der Waals surface area contributed by atoms with Crippen LogP contribution in [0, 0.1) is 17.2 Å². The van der Waals surface area contributed by atoms with E-state index in [0.29, 0.717) is 17.0 Å². The molecule has 0 bridgehead atoms. The van der Waals surface area contributed by atoms with E-state index >= 15 is 0 Å². The Morgan fingerprint density at radius 2 is 2.29 bits per heavy atom.